The minimum Gasteiger partial charge on any atom is -0.394 e. The van der Waals surface area contributed by atoms with Crippen LogP contribution in [0.15, 0.2) is 24.3 Å². The number of carbonyl (C=O) groups excluding carboxylic acids is 1. The zero-order valence-corrected chi connectivity index (χ0v) is 33.9. The monoisotopic (exact) mass is 722 g/mol. The van der Waals surface area contributed by atoms with Crippen molar-refractivity contribution in [1.82, 2.24) is 5.32 Å². The molecule has 6 nitrogen and oxygen atoms in total. The molecule has 0 rings (SSSR count). The van der Waals surface area contributed by atoms with E-state index < -0.39 is 36.9 Å². The molecule has 0 aromatic carbocycles. The predicted molar refractivity (Wildman–Crippen MR) is 219 cm³/mol. The number of allylic oxidation sites excluding steroid dienone is 4. The van der Waals surface area contributed by atoms with E-state index in [0.29, 0.717) is 12.8 Å². The van der Waals surface area contributed by atoms with E-state index in [1.54, 1.807) is 0 Å². The maximum absolute atomic E-state index is 12.5. The van der Waals surface area contributed by atoms with Crippen LogP contribution in [-0.4, -0.2) is 57.3 Å². The number of carbonyl (C=O) groups is 1. The molecule has 5 N–H and O–H groups in total. The van der Waals surface area contributed by atoms with Crippen molar-refractivity contribution in [2.75, 3.05) is 6.61 Å². The Kier molecular flexibility index (Phi) is 39.0. The van der Waals surface area contributed by atoms with Gasteiger partial charge in [-0.1, -0.05) is 186 Å². The number of aliphatic hydroxyl groups is 4. The largest absolute Gasteiger partial charge is 0.394 e. The molecular weight excluding hydrogens is 634 g/mol. The minimum atomic E-state index is -1.28. The van der Waals surface area contributed by atoms with Crippen molar-refractivity contribution in [3.05, 3.63) is 24.3 Å². The Labute approximate surface area is 316 Å². The van der Waals surface area contributed by atoms with Gasteiger partial charge in [-0.15, -0.1) is 0 Å². The highest BCUT2D eigenvalue weighted by Gasteiger charge is 2.28. The van der Waals surface area contributed by atoms with Crippen LogP contribution in [0.4, 0.5) is 0 Å². The van der Waals surface area contributed by atoms with Gasteiger partial charge in [0.05, 0.1) is 18.8 Å². The molecule has 0 heterocycles. The smallest absolute Gasteiger partial charge is 0.249 e. The Morgan fingerprint density at radius 3 is 1.18 bits per heavy atom. The zero-order chi connectivity index (χ0) is 37.5. The molecule has 0 saturated heterocycles. The Morgan fingerprint density at radius 2 is 0.804 bits per heavy atom. The molecule has 4 atom stereocenters. The van der Waals surface area contributed by atoms with Crippen LogP contribution in [0.5, 0.6) is 0 Å². The summed E-state index contributed by atoms with van der Waals surface area (Å²) in [7, 11) is 0. The third kappa shape index (κ3) is 34.3. The molecule has 4 unspecified atom stereocenters. The number of rotatable bonds is 40. The molecule has 302 valence electrons. The second-order valence-electron chi connectivity index (χ2n) is 15.4. The summed E-state index contributed by atoms with van der Waals surface area (Å²) in [6.45, 7) is 4.03. The molecular formula is C45H87NO5. The number of hydrogen-bond acceptors (Lipinski definition) is 5. The second-order valence-corrected chi connectivity index (χ2v) is 15.4. The summed E-state index contributed by atoms with van der Waals surface area (Å²) in [5, 5.41) is 43.6. The van der Waals surface area contributed by atoms with Crippen molar-refractivity contribution >= 4 is 5.91 Å². The Balaban J connectivity index is 3.72. The molecule has 0 fully saturated rings. The molecule has 0 spiro atoms. The quantitative estimate of drug-likeness (QED) is 0.0320. The number of amides is 1. The van der Waals surface area contributed by atoms with Crippen molar-refractivity contribution in [3.63, 3.8) is 0 Å². The van der Waals surface area contributed by atoms with Gasteiger partial charge in [-0.3, -0.25) is 4.79 Å². The van der Waals surface area contributed by atoms with Crippen molar-refractivity contribution in [3.8, 4) is 0 Å². The van der Waals surface area contributed by atoms with Crippen LogP contribution in [-0.2, 0) is 4.79 Å². The molecule has 0 bridgehead atoms. The fourth-order valence-electron chi connectivity index (χ4n) is 6.81. The van der Waals surface area contributed by atoms with Gasteiger partial charge in [0.25, 0.3) is 0 Å². The zero-order valence-electron chi connectivity index (χ0n) is 33.9. The summed E-state index contributed by atoms with van der Waals surface area (Å²) in [6, 6.07) is -1.00. The van der Waals surface area contributed by atoms with Gasteiger partial charge in [0.1, 0.15) is 12.2 Å². The second kappa shape index (κ2) is 40.0. The van der Waals surface area contributed by atoms with Crippen molar-refractivity contribution in [2.24, 2.45) is 0 Å². The van der Waals surface area contributed by atoms with Gasteiger partial charge >= 0.3 is 0 Å². The predicted octanol–water partition coefficient (Wildman–Crippen LogP) is 11.6. The van der Waals surface area contributed by atoms with E-state index in [1.165, 1.54) is 161 Å². The number of aliphatic hydroxyl groups excluding tert-OH is 4. The van der Waals surface area contributed by atoms with Crippen LogP contribution >= 0.6 is 0 Å². The molecule has 0 saturated carbocycles. The molecule has 0 aromatic rings. The van der Waals surface area contributed by atoms with Gasteiger partial charge < -0.3 is 25.7 Å². The van der Waals surface area contributed by atoms with E-state index in [2.05, 4.69) is 43.5 Å². The van der Waals surface area contributed by atoms with Crippen LogP contribution in [0.2, 0.25) is 0 Å². The summed E-state index contributed by atoms with van der Waals surface area (Å²) in [5.74, 6) is -0.597. The molecule has 6 heteroatoms. The fourth-order valence-corrected chi connectivity index (χ4v) is 6.81. The highest BCUT2D eigenvalue weighted by molar-refractivity contribution is 5.80. The molecule has 1 amide bonds. The summed E-state index contributed by atoms with van der Waals surface area (Å²) >= 11 is 0. The highest BCUT2D eigenvalue weighted by Crippen LogP contribution is 2.15. The topological polar surface area (TPSA) is 110 Å². The summed E-state index contributed by atoms with van der Waals surface area (Å²) in [5.41, 5.74) is 0. The van der Waals surface area contributed by atoms with Gasteiger partial charge in [0.15, 0.2) is 0 Å². The van der Waals surface area contributed by atoms with Crippen LogP contribution in [0.3, 0.4) is 0 Å². The number of unbranched alkanes of at least 4 members (excludes halogenated alkanes) is 27. The lowest BCUT2D eigenvalue weighted by atomic mass is 10.00. The third-order valence-electron chi connectivity index (χ3n) is 10.4. The van der Waals surface area contributed by atoms with E-state index in [9.17, 15) is 25.2 Å². The van der Waals surface area contributed by atoms with Crippen molar-refractivity contribution < 1.29 is 25.2 Å². The fraction of sp³-hybridized carbons (Fsp3) is 0.889. The van der Waals surface area contributed by atoms with Crippen molar-refractivity contribution in [2.45, 2.75) is 250 Å². The lowest BCUT2D eigenvalue weighted by Crippen LogP contribution is -2.53. The van der Waals surface area contributed by atoms with Gasteiger partial charge in [-0.2, -0.15) is 0 Å². The maximum atomic E-state index is 12.5. The normalized spacial score (nSPS) is 14.4. The van der Waals surface area contributed by atoms with E-state index in [0.717, 1.165) is 38.5 Å². The minimum absolute atomic E-state index is 0.359. The van der Waals surface area contributed by atoms with Gasteiger partial charge in [0.2, 0.25) is 5.91 Å². The number of hydrogen-bond donors (Lipinski definition) is 5. The van der Waals surface area contributed by atoms with Gasteiger partial charge in [0, 0.05) is 0 Å². The van der Waals surface area contributed by atoms with E-state index in [1.807, 2.05) is 0 Å². The molecule has 51 heavy (non-hydrogen) atoms. The standard InChI is InChI=1S/C45H87NO5/c1-3-5-7-9-11-13-15-17-18-19-20-21-22-23-24-25-26-27-29-31-33-35-37-39-43(49)45(51)46-41(40-47)44(50)42(48)38-36-34-32-30-28-16-14-12-10-8-6-4-2/h23-24,30,32,41-44,47-50H,3-22,25-29,31,33-40H2,1-2H3,(H,46,51)/b24-23-,32-30+. The van der Waals surface area contributed by atoms with Crippen molar-refractivity contribution in [1.29, 1.82) is 0 Å². The summed E-state index contributed by atoms with van der Waals surface area (Å²) in [6.07, 6.45) is 45.0. The first-order valence-corrected chi connectivity index (χ1v) is 22.2. The molecule has 0 radical (unpaired) electrons. The lowest BCUT2D eigenvalue weighted by molar-refractivity contribution is -0.132. The van der Waals surface area contributed by atoms with Gasteiger partial charge in [-0.25, -0.2) is 0 Å². The third-order valence-corrected chi connectivity index (χ3v) is 10.4. The van der Waals surface area contributed by atoms with E-state index >= 15 is 0 Å². The van der Waals surface area contributed by atoms with Gasteiger partial charge in [-0.05, 0) is 64.2 Å². The lowest BCUT2D eigenvalue weighted by Gasteiger charge is -2.27. The Bertz CT molecular complexity index is 772. The van der Waals surface area contributed by atoms with Crippen LogP contribution in [0, 0.1) is 0 Å². The first-order valence-electron chi connectivity index (χ1n) is 22.2. The van der Waals surface area contributed by atoms with E-state index in [4.69, 9.17) is 0 Å². The average Bonchev–Trinajstić information content (AvgIpc) is 3.13. The Hall–Kier alpha value is -1.21. The first-order chi connectivity index (χ1) is 25.0. The van der Waals surface area contributed by atoms with E-state index in [-0.39, 0.29) is 0 Å². The first kappa shape index (κ1) is 49.8. The van der Waals surface area contributed by atoms with Crippen LogP contribution in [0.1, 0.15) is 226 Å². The molecule has 0 aromatic heterocycles. The molecule has 0 aliphatic carbocycles. The number of nitrogens with one attached hydrogen (secondary N) is 1. The van der Waals surface area contributed by atoms with Crippen LogP contribution in [0.25, 0.3) is 0 Å². The van der Waals surface area contributed by atoms with Crippen LogP contribution < -0.4 is 5.32 Å². The molecule has 0 aliphatic heterocycles. The summed E-state index contributed by atoms with van der Waals surface area (Å²) < 4.78 is 0. The summed E-state index contributed by atoms with van der Waals surface area (Å²) in [4.78, 5) is 12.5. The highest BCUT2D eigenvalue weighted by atomic mass is 16.3. The maximum Gasteiger partial charge on any atom is 0.249 e. The Morgan fingerprint density at radius 1 is 0.471 bits per heavy atom. The molecule has 0 aliphatic rings. The SMILES string of the molecule is CCCCCCCCC/C=C/CCCC(O)C(O)C(CO)NC(=O)C(O)CCCCCCCCC/C=C\CCCCCCCCCCCCCC. The average molecular weight is 722 g/mol.